The third-order valence-electron chi connectivity index (χ3n) is 3.15. The van der Waals surface area contributed by atoms with Gasteiger partial charge in [0.05, 0.1) is 6.54 Å². The SMILES string of the molecule is CNC(=O)c1cccc(NC(=O)CNC(=O)c2ccc(F)cc2)c1. The van der Waals surface area contributed by atoms with Gasteiger partial charge in [-0.3, -0.25) is 14.4 Å². The number of halogens is 1. The van der Waals surface area contributed by atoms with Gasteiger partial charge in [0.2, 0.25) is 5.91 Å². The predicted molar refractivity (Wildman–Crippen MR) is 87.2 cm³/mol. The Morgan fingerprint density at radius 2 is 1.67 bits per heavy atom. The van der Waals surface area contributed by atoms with Gasteiger partial charge in [-0.2, -0.15) is 0 Å². The maximum atomic E-state index is 12.8. The molecule has 0 bridgehead atoms. The summed E-state index contributed by atoms with van der Waals surface area (Å²) in [5, 5.41) is 7.51. The standard InChI is InChI=1S/C17H16FN3O3/c1-19-16(23)12-3-2-4-14(9-12)21-15(22)10-20-17(24)11-5-7-13(18)8-6-11/h2-9H,10H2,1H3,(H,19,23)(H,20,24)(H,21,22). The topological polar surface area (TPSA) is 87.3 Å². The Bertz CT molecular complexity index is 760. The highest BCUT2D eigenvalue weighted by Gasteiger charge is 2.09. The van der Waals surface area contributed by atoms with Crippen LogP contribution in [0.5, 0.6) is 0 Å². The normalized spacial score (nSPS) is 9.92. The van der Waals surface area contributed by atoms with E-state index >= 15 is 0 Å². The van der Waals surface area contributed by atoms with Gasteiger partial charge < -0.3 is 16.0 Å². The number of benzene rings is 2. The fourth-order valence-electron chi connectivity index (χ4n) is 1.95. The molecule has 0 heterocycles. The van der Waals surface area contributed by atoms with Crippen LogP contribution in [0, 0.1) is 5.82 Å². The third kappa shape index (κ3) is 4.64. The van der Waals surface area contributed by atoms with Gasteiger partial charge in [-0.05, 0) is 42.5 Å². The molecule has 124 valence electrons. The molecule has 0 radical (unpaired) electrons. The van der Waals surface area contributed by atoms with Crippen molar-refractivity contribution in [2.45, 2.75) is 0 Å². The Kier molecular flexibility index (Phi) is 5.62. The molecule has 0 aliphatic rings. The molecular formula is C17H16FN3O3. The van der Waals surface area contributed by atoms with Crippen LogP contribution in [0.1, 0.15) is 20.7 Å². The highest BCUT2D eigenvalue weighted by molar-refractivity contribution is 6.00. The predicted octanol–water partition coefficient (Wildman–Crippen LogP) is 1.55. The lowest BCUT2D eigenvalue weighted by Gasteiger charge is -2.08. The molecule has 2 aromatic rings. The first kappa shape index (κ1) is 17.1. The molecule has 3 N–H and O–H groups in total. The Hall–Kier alpha value is -3.22. The van der Waals surface area contributed by atoms with E-state index in [2.05, 4.69) is 16.0 Å². The van der Waals surface area contributed by atoms with Crippen molar-refractivity contribution in [2.75, 3.05) is 18.9 Å². The average Bonchev–Trinajstić information content (AvgIpc) is 2.59. The molecule has 0 spiro atoms. The number of amides is 3. The second-order valence-corrected chi connectivity index (χ2v) is 4.90. The summed E-state index contributed by atoms with van der Waals surface area (Å²) in [5.41, 5.74) is 1.11. The summed E-state index contributed by atoms with van der Waals surface area (Å²) in [6, 6.07) is 11.4. The second kappa shape index (κ2) is 7.87. The van der Waals surface area contributed by atoms with Crippen molar-refractivity contribution in [1.82, 2.24) is 10.6 Å². The van der Waals surface area contributed by atoms with Crippen molar-refractivity contribution in [2.24, 2.45) is 0 Å². The lowest BCUT2D eigenvalue weighted by atomic mass is 10.2. The molecule has 0 atom stereocenters. The van der Waals surface area contributed by atoms with Gasteiger partial charge in [-0.25, -0.2) is 4.39 Å². The first-order chi connectivity index (χ1) is 11.5. The van der Waals surface area contributed by atoms with Gasteiger partial charge in [0, 0.05) is 23.9 Å². The molecule has 3 amide bonds. The Morgan fingerprint density at radius 1 is 0.958 bits per heavy atom. The van der Waals surface area contributed by atoms with E-state index in [4.69, 9.17) is 0 Å². The van der Waals surface area contributed by atoms with Gasteiger partial charge in [-0.15, -0.1) is 0 Å². The molecule has 7 heteroatoms. The minimum Gasteiger partial charge on any atom is -0.355 e. The van der Waals surface area contributed by atoms with Crippen molar-refractivity contribution < 1.29 is 18.8 Å². The smallest absolute Gasteiger partial charge is 0.251 e. The summed E-state index contributed by atoms with van der Waals surface area (Å²) in [6.07, 6.45) is 0. The van der Waals surface area contributed by atoms with Crippen LogP contribution in [0.4, 0.5) is 10.1 Å². The van der Waals surface area contributed by atoms with Crippen LogP contribution in [-0.2, 0) is 4.79 Å². The van der Waals surface area contributed by atoms with Crippen molar-refractivity contribution in [3.8, 4) is 0 Å². The minimum atomic E-state index is -0.482. The van der Waals surface area contributed by atoms with E-state index in [0.29, 0.717) is 11.3 Å². The van der Waals surface area contributed by atoms with E-state index in [-0.39, 0.29) is 18.0 Å². The quantitative estimate of drug-likeness (QED) is 0.778. The van der Waals surface area contributed by atoms with Crippen LogP contribution in [0.25, 0.3) is 0 Å². The van der Waals surface area contributed by atoms with Gasteiger partial charge in [0.1, 0.15) is 5.82 Å². The number of carbonyl (C=O) groups excluding carboxylic acids is 3. The van der Waals surface area contributed by atoms with Crippen LogP contribution in [0.15, 0.2) is 48.5 Å². The minimum absolute atomic E-state index is 0.250. The maximum absolute atomic E-state index is 12.8. The average molecular weight is 329 g/mol. The molecule has 0 unspecified atom stereocenters. The summed E-state index contributed by atoms with van der Waals surface area (Å²) >= 11 is 0. The molecule has 0 aliphatic heterocycles. The molecule has 0 saturated carbocycles. The number of anilines is 1. The zero-order valence-electron chi connectivity index (χ0n) is 12.9. The maximum Gasteiger partial charge on any atom is 0.251 e. The van der Waals surface area contributed by atoms with E-state index in [1.807, 2.05) is 0 Å². The van der Waals surface area contributed by atoms with E-state index < -0.39 is 17.6 Å². The van der Waals surface area contributed by atoms with E-state index in [9.17, 15) is 18.8 Å². The lowest BCUT2D eigenvalue weighted by Crippen LogP contribution is -2.32. The van der Waals surface area contributed by atoms with E-state index in [1.165, 1.54) is 37.4 Å². The van der Waals surface area contributed by atoms with Gasteiger partial charge >= 0.3 is 0 Å². The molecule has 24 heavy (non-hydrogen) atoms. The van der Waals surface area contributed by atoms with Crippen LogP contribution in [0.2, 0.25) is 0 Å². The highest BCUT2D eigenvalue weighted by atomic mass is 19.1. The third-order valence-corrected chi connectivity index (χ3v) is 3.15. The number of hydrogen-bond donors (Lipinski definition) is 3. The summed E-state index contributed by atoms with van der Waals surface area (Å²) in [6.45, 7) is -0.250. The van der Waals surface area contributed by atoms with Crippen LogP contribution < -0.4 is 16.0 Å². The van der Waals surface area contributed by atoms with Crippen LogP contribution >= 0.6 is 0 Å². The van der Waals surface area contributed by atoms with Crippen molar-refractivity contribution in [1.29, 1.82) is 0 Å². The molecule has 0 saturated heterocycles. The van der Waals surface area contributed by atoms with Crippen LogP contribution in [0.3, 0.4) is 0 Å². The molecule has 2 aromatic carbocycles. The lowest BCUT2D eigenvalue weighted by molar-refractivity contribution is -0.115. The first-order valence-corrected chi connectivity index (χ1v) is 7.15. The summed E-state index contributed by atoms with van der Waals surface area (Å²) < 4.78 is 12.8. The second-order valence-electron chi connectivity index (χ2n) is 4.90. The van der Waals surface area contributed by atoms with Gasteiger partial charge in [0.15, 0.2) is 0 Å². The largest absolute Gasteiger partial charge is 0.355 e. The number of rotatable bonds is 5. The first-order valence-electron chi connectivity index (χ1n) is 7.15. The monoisotopic (exact) mass is 329 g/mol. The molecular weight excluding hydrogens is 313 g/mol. The summed E-state index contributed by atoms with van der Waals surface area (Å²) in [7, 11) is 1.51. The molecule has 0 aromatic heterocycles. The van der Waals surface area contributed by atoms with Crippen molar-refractivity contribution in [3.05, 3.63) is 65.5 Å². The number of hydrogen-bond acceptors (Lipinski definition) is 3. The zero-order chi connectivity index (χ0) is 17.5. The van der Waals surface area contributed by atoms with Gasteiger partial charge in [0.25, 0.3) is 11.8 Å². The Morgan fingerprint density at radius 3 is 2.33 bits per heavy atom. The van der Waals surface area contributed by atoms with E-state index in [1.54, 1.807) is 18.2 Å². The molecule has 2 rings (SSSR count). The Balaban J connectivity index is 1.90. The van der Waals surface area contributed by atoms with Crippen LogP contribution in [-0.4, -0.2) is 31.3 Å². The Labute approximate surface area is 138 Å². The molecule has 0 fully saturated rings. The molecule has 0 aliphatic carbocycles. The van der Waals surface area contributed by atoms with Gasteiger partial charge in [-0.1, -0.05) is 6.07 Å². The molecule has 6 nitrogen and oxygen atoms in total. The zero-order valence-corrected chi connectivity index (χ0v) is 12.9. The van der Waals surface area contributed by atoms with Crippen molar-refractivity contribution >= 4 is 23.4 Å². The highest BCUT2D eigenvalue weighted by Crippen LogP contribution is 2.10. The number of nitrogens with one attached hydrogen (secondary N) is 3. The summed E-state index contributed by atoms with van der Waals surface area (Å²) in [4.78, 5) is 35.2. The fourth-order valence-corrected chi connectivity index (χ4v) is 1.95. The fraction of sp³-hybridized carbons (Fsp3) is 0.118. The van der Waals surface area contributed by atoms with Crippen molar-refractivity contribution in [3.63, 3.8) is 0 Å². The summed E-state index contributed by atoms with van der Waals surface area (Å²) in [5.74, 6) is -1.64. The van der Waals surface area contributed by atoms with E-state index in [0.717, 1.165) is 0 Å². The number of carbonyl (C=O) groups is 3.